The molecule has 0 aliphatic carbocycles. The van der Waals surface area contributed by atoms with Crippen LogP contribution in [0.25, 0.3) is 5.69 Å². The van der Waals surface area contributed by atoms with Gasteiger partial charge in [-0.3, -0.25) is 14.9 Å². The van der Waals surface area contributed by atoms with Gasteiger partial charge in [0.05, 0.1) is 28.9 Å². The fraction of sp³-hybridized carbons (Fsp3) is 0.250. The molecule has 8 heteroatoms. The molecule has 2 aromatic rings. The van der Waals surface area contributed by atoms with E-state index in [2.05, 4.69) is 10.3 Å². The molecular formula is C12H12N4O4. The lowest BCUT2D eigenvalue weighted by Gasteiger charge is -2.06. The van der Waals surface area contributed by atoms with Crippen molar-refractivity contribution in [2.45, 2.75) is 20.3 Å². The van der Waals surface area contributed by atoms with E-state index in [1.54, 1.807) is 19.9 Å². The SMILES string of the molecule is Cc1cc(C)c([N+](=O)[O-])cc1-n1cc(CC(=O)O)nn1. The number of aromatic nitrogens is 3. The molecule has 1 heterocycles. The van der Waals surface area contributed by atoms with Gasteiger partial charge in [-0.1, -0.05) is 5.21 Å². The molecule has 20 heavy (non-hydrogen) atoms. The molecule has 8 nitrogen and oxygen atoms in total. The molecule has 0 aliphatic heterocycles. The average molecular weight is 276 g/mol. The fourth-order valence-corrected chi connectivity index (χ4v) is 1.93. The molecule has 1 aromatic heterocycles. The van der Waals surface area contributed by atoms with Crippen LogP contribution in [0.15, 0.2) is 18.3 Å². The summed E-state index contributed by atoms with van der Waals surface area (Å²) in [4.78, 5) is 21.1. The summed E-state index contributed by atoms with van der Waals surface area (Å²) in [6.45, 7) is 3.46. The van der Waals surface area contributed by atoms with E-state index in [0.717, 1.165) is 5.56 Å². The van der Waals surface area contributed by atoms with Crippen LogP contribution in [0.2, 0.25) is 0 Å². The Morgan fingerprint density at radius 2 is 2.10 bits per heavy atom. The molecule has 0 radical (unpaired) electrons. The van der Waals surface area contributed by atoms with Gasteiger partial charge in [-0.2, -0.15) is 0 Å². The Kier molecular flexibility index (Phi) is 3.47. The Bertz CT molecular complexity index is 693. The van der Waals surface area contributed by atoms with Gasteiger partial charge < -0.3 is 5.11 Å². The highest BCUT2D eigenvalue weighted by Crippen LogP contribution is 2.24. The predicted molar refractivity (Wildman–Crippen MR) is 68.8 cm³/mol. The number of benzene rings is 1. The molecule has 104 valence electrons. The first kappa shape index (κ1) is 13.7. The van der Waals surface area contributed by atoms with Crippen LogP contribution in [0.5, 0.6) is 0 Å². The third kappa shape index (κ3) is 2.63. The topological polar surface area (TPSA) is 111 Å². The van der Waals surface area contributed by atoms with Gasteiger partial charge in [0.2, 0.25) is 0 Å². The molecule has 0 bridgehead atoms. The molecule has 0 saturated carbocycles. The molecule has 1 N–H and O–H groups in total. The molecule has 0 amide bonds. The van der Waals surface area contributed by atoms with E-state index in [0.29, 0.717) is 16.9 Å². The van der Waals surface area contributed by atoms with Crippen molar-refractivity contribution in [2.75, 3.05) is 0 Å². The molecule has 0 unspecified atom stereocenters. The zero-order valence-electron chi connectivity index (χ0n) is 10.9. The van der Waals surface area contributed by atoms with Crippen molar-refractivity contribution in [3.05, 3.63) is 45.3 Å². The van der Waals surface area contributed by atoms with Crippen LogP contribution in [-0.4, -0.2) is 31.0 Å². The number of rotatable bonds is 4. The van der Waals surface area contributed by atoms with Crippen LogP contribution in [0.3, 0.4) is 0 Å². The van der Waals surface area contributed by atoms with Crippen LogP contribution >= 0.6 is 0 Å². The van der Waals surface area contributed by atoms with Crippen molar-refractivity contribution >= 4 is 11.7 Å². The molecule has 1 aromatic carbocycles. The number of nitro benzene ring substituents is 1. The molecule has 0 fully saturated rings. The average Bonchev–Trinajstić information content (AvgIpc) is 2.75. The van der Waals surface area contributed by atoms with Gasteiger partial charge in [0.25, 0.3) is 5.69 Å². The minimum Gasteiger partial charge on any atom is -0.481 e. The van der Waals surface area contributed by atoms with Gasteiger partial charge in [0, 0.05) is 11.6 Å². The van der Waals surface area contributed by atoms with E-state index < -0.39 is 10.9 Å². The highest BCUT2D eigenvalue weighted by molar-refractivity contribution is 5.69. The monoisotopic (exact) mass is 276 g/mol. The second kappa shape index (κ2) is 5.08. The second-order valence-electron chi connectivity index (χ2n) is 4.41. The van der Waals surface area contributed by atoms with Gasteiger partial charge in [-0.25, -0.2) is 4.68 Å². The highest BCUT2D eigenvalue weighted by Gasteiger charge is 2.16. The van der Waals surface area contributed by atoms with Gasteiger partial charge >= 0.3 is 5.97 Å². The number of carbonyl (C=O) groups is 1. The third-order valence-electron chi connectivity index (χ3n) is 2.83. The smallest absolute Gasteiger partial charge is 0.309 e. The number of nitrogens with zero attached hydrogens (tertiary/aromatic N) is 4. The summed E-state index contributed by atoms with van der Waals surface area (Å²) >= 11 is 0. The van der Waals surface area contributed by atoms with Crippen molar-refractivity contribution in [3.8, 4) is 5.69 Å². The van der Waals surface area contributed by atoms with E-state index in [1.807, 2.05) is 0 Å². The third-order valence-corrected chi connectivity index (χ3v) is 2.83. The van der Waals surface area contributed by atoms with Gasteiger partial charge in [0.1, 0.15) is 0 Å². The van der Waals surface area contributed by atoms with Crippen molar-refractivity contribution in [3.63, 3.8) is 0 Å². The zero-order valence-corrected chi connectivity index (χ0v) is 10.9. The molecule has 0 saturated heterocycles. The Hall–Kier alpha value is -2.77. The minimum atomic E-state index is -1.01. The first-order valence-electron chi connectivity index (χ1n) is 5.77. The summed E-state index contributed by atoms with van der Waals surface area (Å²) in [6.07, 6.45) is 1.21. The number of carboxylic acids is 1. The van der Waals surface area contributed by atoms with E-state index in [4.69, 9.17) is 5.11 Å². The lowest BCUT2D eigenvalue weighted by Crippen LogP contribution is -2.02. The Labute approximate surface area is 113 Å². The van der Waals surface area contributed by atoms with E-state index in [1.165, 1.54) is 16.9 Å². The maximum atomic E-state index is 10.9. The summed E-state index contributed by atoms with van der Waals surface area (Å²) in [7, 11) is 0. The Balaban J connectivity index is 2.46. The zero-order chi connectivity index (χ0) is 14.9. The molecule has 2 rings (SSSR count). The normalized spacial score (nSPS) is 10.5. The largest absolute Gasteiger partial charge is 0.481 e. The van der Waals surface area contributed by atoms with Crippen molar-refractivity contribution in [1.82, 2.24) is 15.0 Å². The molecule has 0 atom stereocenters. The standard InChI is InChI=1S/C12H12N4O4/c1-7-3-8(2)11(16(19)20)5-10(7)15-6-9(13-14-15)4-12(17)18/h3,5-6H,4H2,1-2H3,(H,17,18). The van der Waals surface area contributed by atoms with E-state index in [9.17, 15) is 14.9 Å². The summed E-state index contributed by atoms with van der Waals surface area (Å²) in [5.41, 5.74) is 2.13. The predicted octanol–water partition coefficient (Wildman–Crippen LogP) is 1.42. The second-order valence-corrected chi connectivity index (χ2v) is 4.41. The first-order valence-corrected chi connectivity index (χ1v) is 5.77. The lowest BCUT2D eigenvalue weighted by atomic mass is 10.1. The minimum absolute atomic E-state index is 0.0131. The van der Waals surface area contributed by atoms with Crippen molar-refractivity contribution in [2.24, 2.45) is 0 Å². The number of hydrogen-bond donors (Lipinski definition) is 1. The lowest BCUT2D eigenvalue weighted by molar-refractivity contribution is -0.385. The van der Waals surface area contributed by atoms with Crippen LogP contribution in [0.4, 0.5) is 5.69 Å². The van der Waals surface area contributed by atoms with Crippen molar-refractivity contribution in [1.29, 1.82) is 0 Å². The van der Waals surface area contributed by atoms with Crippen LogP contribution in [0, 0.1) is 24.0 Å². The Morgan fingerprint density at radius 3 is 2.70 bits per heavy atom. The van der Waals surface area contributed by atoms with Crippen LogP contribution in [0.1, 0.15) is 16.8 Å². The maximum Gasteiger partial charge on any atom is 0.309 e. The first-order chi connectivity index (χ1) is 9.38. The number of aliphatic carboxylic acids is 1. The highest BCUT2D eigenvalue weighted by atomic mass is 16.6. The summed E-state index contributed by atoms with van der Waals surface area (Å²) in [5, 5.41) is 27.2. The molecule has 0 spiro atoms. The van der Waals surface area contributed by atoms with E-state index >= 15 is 0 Å². The summed E-state index contributed by atoms with van der Waals surface area (Å²) in [6, 6.07) is 3.09. The number of aryl methyl sites for hydroxylation is 2. The molecular weight excluding hydrogens is 264 g/mol. The Morgan fingerprint density at radius 1 is 1.40 bits per heavy atom. The quantitative estimate of drug-likeness (QED) is 0.667. The molecule has 0 aliphatic rings. The van der Waals surface area contributed by atoms with Crippen LogP contribution in [-0.2, 0) is 11.2 Å². The van der Waals surface area contributed by atoms with Crippen molar-refractivity contribution < 1.29 is 14.8 Å². The number of hydrogen-bond acceptors (Lipinski definition) is 5. The maximum absolute atomic E-state index is 10.9. The summed E-state index contributed by atoms with van der Waals surface area (Å²) in [5.74, 6) is -1.01. The number of nitro groups is 1. The van der Waals surface area contributed by atoms with Gasteiger partial charge in [-0.05, 0) is 25.5 Å². The van der Waals surface area contributed by atoms with Crippen LogP contribution < -0.4 is 0 Å². The fourth-order valence-electron chi connectivity index (χ4n) is 1.93. The van der Waals surface area contributed by atoms with E-state index in [-0.39, 0.29) is 12.1 Å². The summed E-state index contributed by atoms with van der Waals surface area (Å²) < 4.78 is 1.35. The van der Waals surface area contributed by atoms with Gasteiger partial charge in [0.15, 0.2) is 0 Å². The number of carboxylic acid groups (broad SMARTS) is 1. The van der Waals surface area contributed by atoms with Gasteiger partial charge in [-0.15, -0.1) is 5.10 Å².